The molecule has 4 aromatic rings. The quantitative estimate of drug-likeness (QED) is 0.451. The average Bonchev–Trinajstić information content (AvgIpc) is 2.83. The third-order valence-corrected chi connectivity index (χ3v) is 7.07. The van der Waals surface area contributed by atoms with Gasteiger partial charge in [-0.2, -0.15) is 0 Å². The van der Waals surface area contributed by atoms with E-state index < -0.39 is 10.0 Å². The number of para-hydroxylation sites is 1. The summed E-state index contributed by atoms with van der Waals surface area (Å²) in [6.45, 7) is 0. The molecular formula is C25H22N2O3S. The molecule has 0 aromatic heterocycles. The molecule has 0 fully saturated rings. The van der Waals surface area contributed by atoms with Gasteiger partial charge in [0.1, 0.15) is 0 Å². The van der Waals surface area contributed by atoms with Gasteiger partial charge in [0.05, 0.1) is 10.6 Å². The van der Waals surface area contributed by atoms with E-state index in [4.69, 9.17) is 0 Å². The SMILES string of the molecule is CN(C(=O)c1cccc(S(=O)(=O)N(C)c2ccccc2)c1)c1ccc2ccccc2c1. The highest BCUT2D eigenvalue weighted by Crippen LogP contribution is 2.25. The normalized spacial score (nSPS) is 11.3. The van der Waals surface area contributed by atoms with Gasteiger partial charge < -0.3 is 4.90 Å². The van der Waals surface area contributed by atoms with Gasteiger partial charge in [0.25, 0.3) is 15.9 Å². The molecule has 5 nitrogen and oxygen atoms in total. The summed E-state index contributed by atoms with van der Waals surface area (Å²) in [6.07, 6.45) is 0. The number of nitrogens with zero attached hydrogens (tertiary/aromatic N) is 2. The third kappa shape index (κ3) is 4.02. The molecule has 0 bridgehead atoms. The molecule has 0 N–H and O–H groups in total. The number of hydrogen-bond acceptors (Lipinski definition) is 3. The molecule has 4 aromatic carbocycles. The molecule has 31 heavy (non-hydrogen) atoms. The van der Waals surface area contributed by atoms with Gasteiger partial charge in [-0.05, 0) is 53.2 Å². The lowest BCUT2D eigenvalue weighted by molar-refractivity contribution is 0.0993. The van der Waals surface area contributed by atoms with E-state index in [1.165, 1.54) is 28.4 Å². The Labute approximate surface area is 182 Å². The van der Waals surface area contributed by atoms with Crippen LogP contribution < -0.4 is 9.21 Å². The predicted molar refractivity (Wildman–Crippen MR) is 125 cm³/mol. The summed E-state index contributed by atoms with van der Waals surface area (Å²) in [7, 11) is -0.620. The zero-order valence-electron chi connectivity index (χ0n) is 17.3. The summed E-state index contributed by atoms with van der Waals surface area (Å²) in [6, 6.07) is 28.7. The van der Waals surface area contributed by atoms with Crippen molar-refractivity contribution in [1.29, 1.82) is 0 Å². The summed E-state index contributed by atoms with van der Waals surface area (Å²) in [5, 5.41) is 2.12. The predicted octanol–water partition coefficient (Wildman–Crippen LogP) is 4.94. The number of amides is 1. The van der Waals surface area contributed by atoms with E-state index in [2.05, 4.69) is 0 Å². The van der Waals surface area contributed by atoms with E-state index in [1.54, 1.807) is 43.4 Å². The van der Waals surface area contributed by atoms with E-state index in [-0.39, 0.29) is 10.8 Å². The summed E-state index contributed by atoms with van der Waals surface area (Å²) in [5.74, 6) is -0.283. The van der Waals surface area contributed by atoms with Crippen LogP contribution in [0.1, 0.15) is 10.4 Å². The summed E-state index contributed by atoms with van der Waals surface area (Å²) in [5.41, 5.74) is 1.59. The van der Waals surface area contributed by atoms with E-state index >= 15 is 0 Å². The van der Waals surface area contributed by atoms with Crippen LogP contribution in [-0.4, -0.2) is 28.4 Å². The van der Waals surface area contributed by atoms with Crippen LogP contribution in [0, 0.1) is 0 Å². The van der Waals surface area contributed by atoms with Gasteiger partial charge in [-0.1, -0.05) is 54.6 Å². The molecule has 0 saturated heterocycles. The lowest BCUT2D eigenvalue weighted by Crippen LogP contribution is -2.28. The molecule has 0 saturated carbocycles. The minimum atomic E-state index is -3.80. The van der Waals surface area contributed by atoms with Crippen molar-refractivity contribution in [3.8, 4) is 0 Å². The molecule has 0 heterocycles. The first kappa shape index (κ1) is 20.6. The van der Waals surface area contributed by atoms with Gasteiger partial charge in [-0.25, -0.2) is 8.42 Å². The molecule has 0 aliphatic rings. The van der Waals surface area contributed by atoms with Crippen LogP contribution in [0.25, 0.3) is 10.8 Å². The molecule has 0 aliphatic carbocycles. The van der Waals surface area contributed by atoms with E-state index in [9.17, 15) is 13.2 Å². The van der Waals surface area contributed by atoms with Gasteiger partial charge in [-0.15, -0.1) is 0 Å². The molecule has 0 radical (unpaired) electrons. The smallest absolute Gasteiger partial charge is 0.264 e. The van der Waals surface area contributed by atoms with Gasteiger partial charge in [0.2, 0.25) is 0 Å². The zero-order chi connectivity index (χ0) is 22.0. The van der Waals surface area contributed by atoms with Crippen LogP contribution >= 0.6 is 0 Å². The number of rotatable bonds is 5. The maximum absolute atomic E-state index is 13.1. The van der Waals surface area contributed by atoms with E-state index in [0.29, 0.717) is 11.3 Å². The molecule has 0 aliphatic heterocycles. The maximum Gasteiger partial charge on any atom is 0.264 e. The summed E-state index contributed by atoms with van der Waals surface area (Å²) < 4.78 is 27.4. The Balaban J connectivity index is 1.64. The average molecular weight is 431 g/mol. The largest absolute Gasteiger partial charge is 0.311 e. The van der Waals surface area contributed by atoms with Gasteiger partial charge in [0, 0.05) is 25.3 Å². The monoisotopic (exact) mass is 430 g/mol. The number of carbonyl (C=O) groups is 1. The van der Waals surface area contributed by atoms with Crippen molar-refractivity contribution in [2.45, 2.75) is 4.90 Å². The molecule has 4 rings (SSSR count). The van der Waals surface area contributed by atoms with Crippen molar-refractivity contribution < 1.29 is 13.2 Å². The third-order valence-electron chi connectivity index (χ3n) is 5.28. The Morgan fingerprint density at radius 1 is 0.677 bits per heavy atom. The van der Waals surface area contributed by atoms with Crippen molar-refractivity contribution in [1.82, 2.24) is 0 Å². The fourth-order valence-corrected chi connectivity index (χ4v) is 4.66. The number of benzene rings is 4. The maximum atomic E-state index is 13.1. The Morgan fingerprint density at radius 2 is 1.35 bits per heavy atom. The first-order valence-electron chi connectivity index (χ1n) is 9.79. The fraction of sp³-hybridized carbons (Fsp3) is 0.0800. The number of carbonyl (C=O) groups excluding carboxylic acids is 1. The van der Waals surface area contributed by atoms with Crippen LogP contribution in [0.3, 0.4) is 0 Å². The topological polar surface area (TPSA) is 57.7 Å². The van der Waals surface area contributed by atoms with Crippen LogP contribution in [0.5, 0.6) is 0 Å². The molecule has 0 spiro atoms. The van der Waals surface area contributed by atoms with Gasteiger partial charge in [-0.3, -0.25) is 9.10 Å². The Morgan fingerprint density at radius 3 is 2.10 bits per heavy atom. The Bertz CT molecular complexity index is 1350. The summed E-state index contributed by atoms with van der Waals surface area (Å²) >= 11 is 0. The van der Waals surface area contributed by atoms with Crippen molar-refractivity contribution in [2.24, 2.45) is 0 Å². The minimum Gasteiger partial charge on any atom is -0.311 e. The van der Waals surface area contributed by atoms with Crippen LogP contribution in [0.2, 0.25) is 0 Å². The summed E-state index contributed by atoms with van der Waals surface area (Å²) in [4.78, 5) is 14.7. The molecule has 1 amide bonds. The number of fused-ring (bicyclic) bond motifs is 1. The Hall–Kier alpha value is -3.64. The Kier molecular flexibility index (Phi) is 5.48. The van der Waals surface area contributed by atoms with Crippen molar-refractivity contribution in [3.63, 3.8) is 0 Å². The van der Waals surface area contributed by atoms with Crippen molar-refractivity contribution in [2.75, 3.05) is 23.3 Å². The second-order valence-electron chi connectivity index (χ2n) is 7.23. The molecule has 0 atom stereocenters. The number of anilines is 2. The van der Waals surface area contributed by atoms with E-state index in [1.807, 2.05) is 48.5 Å². The lowest BCUT2D eigenvalue weighted by Gasteiger charge is -2.21. The number of hydrogen-bond donors (Lipinski definition) is 0. The number of sulfonamides is 1. The zero-order valence-corrected chi connectivity index (χ0v) is 18.1. The van der Waals surface area contributed by atoms with Crippen molar-refractivity contribution >= 4 is 38.1 Å². The van der Waals surface area contributed by atoms with Crippen LogP contribution in [0.15, 0.2) is 102 Å². The second-order valence-corrected chi connectivity index (χ2v) is 9.20. The highest BCUT2D eigenvalue weighted by Gasteiger charge is 2.23. The highest BCUT2D eigenvalue weighted by atomic mass is 32.2. The van der Waals surface area contributed by atoms with Gasteiger partial charge in [0.15, 0.2) is 0 Å². The van der Waals surface area contributed by atoms with Gasteiger partial charge >= 0.3 is 0 Å². The first-order valence-corrected chi connectivity index (χ1v) is 11.2. The minimum absolute atomic E-state index is 0.0663. The molecule has 6 heteroatoms. The van der Waals surface area contributed by atoms with Crippen molar-refractivity contribution in [3.05, 3.63) is 103 Å². The fourth-order valence-electron chi connectivity index (χ4n) is 3.42. The molecule has 156 valence electrons. The standard InChI is InChI=1S/C25H22N2O3S/c1-26(23-16-15-19-9-6-7-10-20(19)17-23)25(28)21-11-8-14-24(18-21)31(29,30)27(2)22-12-4-3-5-13-22/h3-18H,1-2H3. The second kappa shape index (κ2) is 8.24. The first-order chi connectivity index (χ1) is 14.9. The van der Waals surface area contributed by atoms with Crippen LogP contribution in [0.4, 0.5) is 11.4 Å². The van der Waals surface area contributed by atoms with E-state index in [0.717, 1.165) is 16.5 Å². The molecular weight excluding hydrogens is 408 g/mol. The molecule has 0 unspecified atom stereocenters. The van der Waals surface area contributed by atoms with Crippen LogP contribution in [-0.2, 0) is 10.0 Å². The highest BCUT2D eigenvalue weighted by molar-refractivity contribution is 7.92. The lowest BCUT2D eigenvalue weighted by atomic mass is 10.1.